The Balaban J connectivity index is 2.29. The van der Waals surface area contributed by atoms with Gasteiger partial charge in [-0.3, -0.25) is 4.79 Å². The molecule has 5 heteroatoms. The fraction of sp³-hybridized carbons (Fsp3) is 0.600. The van der Waals surface area contributed by atoms with Gasteiger partial charge >= 0.3 is 11.9 Å². The van der Waals surface area contributed by atoms with E-state index in [1.54, 1.807) is 6.08 Å². The number of ether oxygens (including phenoxy) is 2. The van der Waals surface area contributed by atoms with Crippen LogP contribution in [0.5, 0.6) is 0 Å². The monoisotopic (exact) mass is 282 g/mol. The summed E-state index contributed by atoms with van der Waals surface area (Å²) in [4.78, 5) is 22.9. The Labute approximate surface area is 119 Å². The first kappa shape index (κ1) is 16.4. The van der Waals surface area contributed by atoms with Gasteiger partial charge in [-0.1, -0.05) is 18.2 Å². The highest BCUT2D eigenvalue weighted by Crippen LogP contribution is 2.26. The summed E-state index contributed by atoms with van der Waals surface area (Å²) in [5, 5.41) is 9.07. The zero-order valence-corrected chi connectivity index (χ0v) is 11.9. The normalized spacial score (nSPS) is 18.2. The summed E-state index contributed by atoms with van der Waals surface area (Å²) in [6.07, 6.45) is 4.29. The Morgan fingerprint density at radius 1 is 1.45 bits per heavy atom. The number of hydrogen-bond acceptors (Lipinski definition) is 4. The number of carbonyl (C=O) groups excluding carboxylic acids is 1. The molecule has 0 fully saturated rings. The minimum Gasteiger partial charge on any atom is -0.481 e. The first-order valence-corrected chi connectivity index (χ1v) is 6.84. The number of hydrogen-bond donors (Lipinski definition) is 1. The van der Waals surface area contributed by atoms with Crippen molar-refractivity contribution in [3.8, 4) is 0 Å². The summed E-state index contributed by atoms with van der Waals surface area (Å²) < 4.78 is 10.4. The van der Waals surface area contributed by atoms with Crippen LogP contribution in [0.2, 0.25) is 0 Å². The number of esters is 1. The molecule has 5 nitrogen and oxygen atoms in total. The summed E-state index contributed by atoms with van der Waals surface area (Å²) in [7, 11) is 0. The van der Waals surface area contributed by atoms with Crippen LogP contribution in [0.4, 0.5) is 0 Å². The van der Waals surface area contributed by atoms with Gasteiger partial charge in [0, 0.05) is 12.0 Å². The van der Waals surface area contributed by atoms with Crippen LogP contribution >= 0.6 is 0 Å². The third-order valence-electron chi connectivity index (χ3n) is 2.99. The molecule has 0 saturated carbocycles. The third-order valence-corrected chi connectivity index (χ3v) is 2.99. The second-order valence-corrected chi connectivity index (χ2v) is 4.98. The van der Waals surface area contributed by atoms with Crippen LogP contribution in [-0.4, -0.2) is 36.9 Å². The van der Waals surface area contributed by atoms with Gasteiger partial charge in [0.25, 0.3) is 0 Å². The highest BCUT2D eigenvalue weighted by atomic mass is 16.5. The molecule has 0 spiro atoms. The molecule has 1 N–H and O–H groups in total. The van der Waals surface area contributed by atoms with Gasteiger partial charge in [-0.05, 0) is 26.2 Å². The van der Waals surface area contributed by atoms with E-state index in [2.05, 4.69) is 6.58 Å². The van der Waals surface area contributed by atoms with Gasteiger partial charge in [-0.25, -0.2) is 4.79 Å². The molecule has 1 atom stereocenters. The lowest BCUT2D eigenvalue weighted by Crippen LogP contribution is -2.25. The number of carboxylic acids is 1. The lowest BCUT2D eigenvalue weighted by Gasteiger charge is -2.19. The zero-order chi connectivity index (χ0) is 15.0. The number of carboxylic acid groups (broad SMARTS) is 1. The quantitative estimate of drug-likeness (QED) is 0.420. The topological polar surface area (TPSA) is 72.8 Å². The predicted octanol–water partition coefficient (Wildman–Crippen LogP) is 2.32. The summed E-state index contributed by atoms with van der Waals surface area (Å²) in [6.45, 7) is 6.81. The second-order valence-electron chi connectivity index (χ2n) is 4.98. The van der Waals surface area contributed by atoms with Gasteiger partial charge in [0.15, 0.2) is 0 Å². The van der Waals surface area contributed by atoms with E-state index >= 15 is 0 Å². The van der Waals surface area contributed by atoms with Gasteiger partial charge in [0.2, 0.25) is 0 Å². The Morgan fingerprint density at radius 3 is 2.85 bits per heavy atom. The van der Waals surface area contributed by atoms with Crippen molar-refractivity contribution in [2.75, 3.05) is 19.8 Å². The fourth-order valence-corrected chi connectivity index (χ4v) is 2.01. The molecule has 0 aromatic heterocycles. The molecule has 1 unspecified atom stereocenters. The molecule has 0 heterocycles. The summed E-state index contributed by atoms with van der Waals surface area (Å²) in [5.41, 5.74) is 1.23. The predicted molar refractivity (Wildman–Crippen MR) is 74.3 cm³/mol. The smallest absolute Gasteiger partial charge is 0.334 e. The largest absolute Gasteiger partial charge is 0.481 e. The first-order valence-electron chi connectivity index (χ1n) is 6.84. The first-order chi connectivity index (χ1) is 9.52. The maximum Gasteiger partial charge on any atom is 0.334 e. The highest BCUT2D eigenvalue weighted by Gasteiger charge is 2.30. The van der Waals surface area contributed by atoms with Gasteiger partial charge in [0.1, 0.15) is 0 Å². The van der Waals surface area contributed by atoms with Crippen LogP contribution in [-0.2, 0) is 19.1 Å². The molecular formula is C15H22O5. The lowest BCUT2D eigenvalue weighted by molar-refractivity contribution is -0.146. The van der Waals surface area contributed by atoms with Crippen LogP contribution in [0.1, 0.15) is 32.6 Å². The standard InChI is InChI=1S/C15H22O5/c1-11(2)10-19-8-5-9-20-15(18)13-7-4-3-6-12(13)14(16)17/h7,12H,1,3-6,8-10H2,2H3,(H,16,17). The Hall–Kier alpha value is -1.62. The molecule has 0 aromatic carbocycles. The molecule has 0 aromatic rings. The van der Waals surface area contributed by atoms with Gasteiger partial charge in [-0.15, -0.1) is 0 Å². The van der Waals surface area contributed by atoms with E-state index in [4.69, 9.17) is 14.6 Å². The molecule has 0 amide bonds. The van der Waals surface area contributed by atoms with Crippen molar-refractivity contribution in [2.45, 2.75) is 32.6 Å². The minimum atomic E-state index is -0.960. The summed E-state index contributed by atoms with van der Waals surface area (Å²) >= 11 is 0. The van der Waals surface area contributed by atoms with E-state index < -0.39 is 17.9 Å². The van der Waals surface area contributed by atoms with Gasteiger partial charge in [-0.2, -0.15) is 0 Å². The van der Waals surface area contributed by atoms with E-state index in [1.165, 1.54) is 0 Å². The van der Waals surface area contributed by atoms with Crippen LogP contribution in [0, 0.1) is 5.92 Å². The van der Waals surface area contributed by atoms with Crippen molar-refractivity contribution in [1.29, 1.82) is 0 Å². The van der Waals surface area contributed by atoms with Crippen LogP contribution in [0.15, 0.2) is 23.8 Å². The average molecular weight is 282 g/mol. The van der Waals surface area contributed by atoms with Crippen molar-refractivity contribution in [3.63, 3.8) is 0 Å². The highest BCUT2D eigenvalue weighted by molar-refractivity contribution is 5.95. The van der Waals surface area contributed by atoms with E-state index in [0.29, 0.717) is 26.1 Å². The van der Waals surface area contributed by atoms with Crippen LogP contribution in [0.25, 0.3) is 0 Å². The lowest BCUT2D eigenvalue weighted by atomic mass is 9.88. The molecule has 0 saturated heterocycles. The average Bonchev–Trinajstić information content (AvgIpc) is 2.42. The fourth-order valence-electron chi connectivity index (χ4n) is 2.01. The van der Waals surface area contributed by atoms with Crippen molar-refractivity contribution in [3.05, 3.63) is 23.8 Å². The van der Waals surface area contributed by atoms with E-state index in [-0.39, 0.29) is 12.2 Å². The number of aliphatic carboxylic acids is 1. The third kappa shape index (κ3) is 5.57. The Bertz CT molecular complexity index is 397. The zero-order valence-electron chi connectivity index (χ0n) is 11.9. The molecule has 1 aliphatic carbocycles. The van der Waals surface area contributed by atoms with Crippen molar-refractivity contribution >= 4 is 11.9 Å². The molecule has 0 aliphatic heterocycles. The van der Waals surface area contributed by atoms with Crippen LogP contribution in [0.3, 0.4) is 0 Å². The summed E-state index contributed by atoms with van der Waals surface area (Å²) in [5.74, 6) is -2.20. The number of allylic oxidation sites excluding steroid dienone is 1. The molecule has 1 aliphatic rings. The second kappa shape index (κ2) is 8.53. The molecule has 0 bridgehead atoms. The van der Waals surface area contributed by atoms with Crippen molar-refractivity contribution < 1.29 is 24.2 Å². The van der Waals surface area contributed by atoms with Crippen molar-refractivity contribution in [2.24, 2.45) is 5.92 Å². The minimum absolute atomic E-state index is 0.235. The SMILES string of the molecule is C=C(C)COCCCOC(=O)C1=CCCCC1C(=O)O. The maximum atomic E-state index is 11.8. The van der Waals surface area contributed by atoms with Crippen LogP contribution < -0.4 is 0 Å². The van der Waals surface area contributed by atoms with E-state index in [1.807, 2.05) is 6.92 Å². The van der Waals surface area contributed by atoms with E-state index in [0.717, 1.165) is 18.4 Å². The summed E-state index contributed by atoms with van der Waals surface area (Å²) in [6, 6.07) is 0. The molecule has 20 heavy (non-hydrogen) atoms. The van der Waals surface area contributed by atoms with Crippen molar-refractivity contribution in [1.82, 2.24) is 0 Å². The molecule has 0 radical (unpaired) electrons. The van der Waals surface area contributed by atoms with Gasteiger partial charge in [0.05, 0.1) is 25.7 Å². The molecule has 1 rings (SSSR count). The Morgan fingerprint density at radius 2 is 2.20 bits per heavy atom. The molecular weight excluding hydrogens is 260 g/mol. The van der Waals surface area contributed by atoms with Gasteiger partial charge < -0.3 is 14.6 Å². The number of carbonyl (C=O) groups is 2. The van der Waals surface area contributed by atoms with E-state index in [9.17, 15) is 9.59 Å². The molecule has 112 valence electrons. The maximum absolute atomic E-state index is 11.8. The Kier molecular flexibility index (Phi) is 7.01. The number of rotatable bonds is 8.